The third-order valence-electron chi connectivity index (χ3n) is 4.63. The molecule has 0 amide bonds. The van der Waals surface area contributed by atoms with Crippen molar-refractivity contribution < 1.29 is 21.6 Å². The van der Waals surface area contributed by atoms with Crippen molar-refractivity contribution in [3.63, 3.8) is 0 Å². The molecule has 7 nitrogen and oxygen atoms in total. The summed E-state index contributed by atoms with van der Waals surface area (Å²) in [4.78, 5) is 0.0764. The minimum absolute atomic E-state index is 0.0893. The van der Waals surface area contributed by atoms with Gasteiger partial charge in [-0.15, -0.1) is 0 Å². The molecule has 0 unspecified atom stereocenters. The van der Waals surface area contributed by atoms with Crippen molar-refractivity contribution in [1.29, 1.82) is 0 Å². The van der Waals surface area contributed by atoms with Gasteiger partial charge in [-0.05, 0) is 67.6 Å². The Morgan fingerprint density at radius 3 is 2.39 bits per heavy atom. The highest BCUT2D eigenvalue weighted by atomic mass is 32.2. The fourth-order valence-corrected chi connectivity index (χ4v) is 5.32. The number of sulfonamides is 2. The number of benzene rings is 2. The quantitative estimate of drug-likeness (QED) is 0.738. The van der Waals surface area contributed by atoms with Gasteiger partial charge in [-0.2, -0.15) is 0 Å². The maximum absolute atomic E-state index is 12.8. The van der Waals surface area contributed by atoms with Gasteiger partial charge >= 0.3 is 0 Å². The van der Waals surface area contributed by atoms with Crippen molar-refractivity contribution >= 4 is 25.7 Å². The first kappa shape index (κ1) is 20.6. The highest BCUT2D eigenvalue weighted by Gasteiger charge is 2.24. The fraction of sp³-hybridized carbons (Fsp3) is 0.368. The van der Waals surface area contributed by atoms with Crippen molar-refractivity contribution in [3.05, 3.63) is 47.5 Å². The molecule has 0 aliphatic heterocycles. The molecule has 28 heavy (non-hydrogen) atoms. The van der Waals surface area contributed by atoms with E-state index in [9.17, 15) is 16.8 Å². The van der Waals surface area contributed by atoms with Crippen molar-refractivity contribution in [2.45, 2.75) is 36.0 Å². The Morgan fingerprint density at radius 2 is 1.71 bits per heavy atom. The van der Waals surface area contributed by atoms with Crippen LogP contribution in [0.15, 0.2) is 46.2 Å². The number of nitrogens with zero attached hydrogens (tertiary/aromatic N) is 1. The highest BCUT2D eigenvalue weighted by molar-refractivity contribution is 7.92. The maximum Gasteiger partial charge on any atom is 0.261 e. The van der Waals surface area contributed by atoms with Gasteiger partial charge in [0.15, 0.2) is 0 Å². The molecule has 0 aromatic heterocycles. The van der Waals surface area contributed by atoms with Crippen LogP contribution in [0.4, 0.5) is 5.69 Å². The van der Waals surface area contributed by atoms with E-state index < -0.39 is 20.0 Å². The first-order valence-electron chi connectivity index (χ1n) is 8.99. The van der Waals surface area contributed by atoms with E-state index in [0.29, 0.717) is 0 Å². The predicted molar refractivity (Wildman–Crippen MR) is 108 cm³/mol. The minimum Gasteiger partial charge on any atom is -0.492 e. The molecule has 0 atom stereocenters. The minimum atomic E-state index is -3.84. The number of hydrogen-bond donors (Lipinski definition) is 1. The van der Waals surface area contributed by atoms with Crippen molar-refractivity contribution in [2.75, 3.05) is 25.4 Å². The van der Waals surface area contributed by atoms with Crippen molar-refractivity contribution in [2.24, 2.45) is 0 Å². The van der Waals surface area contributed by atoms with Crippen LogP contribution in [0.3, 0.4) is 0 Å². The second kappa shape index (κ2) is 7.73. The summed E-state index contributed by atoms with van der Waals surface area (Å²) in [6.45, 7) is 2.03. The summed E-state index contributed by atoms with van der Waals surface area (Å²) in [5, 5.41) is 0. The van der Waals surface area contributed by atoms with Gasteiger partial charge in [0.25, 0.3) is 10.0 Å². The van der Waals surface area contributed by atoms with Crippen LogP contribution in [0.1, 0.15) is 24.5 Å². The van der Waals surface area contributed by atoms with E-state index in [2.05, 4.69) is 4.72 Å². The number of aryl methyl sites for hydroxylation is 2. The molecule has 1 aliphatic rings. The molecule has 2 aromatic carbocycles. The summed E-state index contributed by atoms with van der Waals surface area (Å²) in [5.74, 6) is 0.177. The predicted octanol–water partition coefficient (Wildman–Crippen LogP) is 2.63. The monoisotopic (exact) mass is 424 g/mol. The average molecular weight is 425 g/mol. The Balaban J connectivity index is 1.98. The Hall–Kier alpha value is -2.10. The van der Waals surface area contributed by atoms with Crippen LogP contribution in [0.5, 0.6) is 5.75 Å². The molecule has 0 radical (unpaired) electrons. The molecule has 0 bridgehead atoms. The molecule has 0 spiro atoms. The van der Waals surface area contributed by atoms with Crippen molar-refractivity contribution in [3.8, 4) is 5.75 Å². The van der Waals surface area contributed by atoms with E-state index in [0.717, 1.165) is 29.1 Å². The van der Waals surface area contributed by atoms with E-state index in [1.54, 1.807) is 19.1 Å². The normalized spacial score (nSPS) is 14.1. The lowest BCUT2D eigenvalue weighted by Gasteiger charge is -2.17. The van der Waals surface area contributed by atoms with Crippen LogP contribution in [-0.2, 0) is 32.9 Å². The third-order valence-corrected chi connectivity index (χ3v) is 7.85. The molecular weight excluding hydrogens is 400 g/mol. The number of anilines is 1. The van der Waals surface area contributed by atoms with E-state index in [-0.39, 0.29) is 27.8 Å². The summed E-state index contributed by atoms with van der Waals surface area (Å²) in [7, 11) is -4.83. The van der Waals surface area contributed by atoms with Crippen LogP contribution >= 0.6 is 0 Å². The molecule has 152 valence electrons. The molecule has 2 aromatic rings. The Kier molecular flexibility index (Phi) is 5.69. The first-order chi connectivity index (χ1) is 13.1. The molecule has 1 N–H and O–H groups in total. The molecule has 0 saturated carbocycles. The number of hydrogen-bond acceptors (Lipinski definition) is 5. The van der Waals surface area contributed by atoms with Crippen LogP contribution in [-0.4, -0.2) is 41.8 Å². The number of nitrogens with one attached hydrogen (secondary N) is 1. The summed E-state index contributed by atoms with van der Waals surface area (Å²) in [6.07, 6.45) is 2.86. The first-order valence-corrected chi connectivity index (χ1v) is 11.9. The van der Waals surface area contributed by atoms with Crippen LogP contribution in [0, 0.1) is 0 Å². The highest BCUT2D eigenvalue weighted by Crippen LogP contribution is 2.31. The molecule has 0 saturated heterocycles. The number of rotatable bonds is 7. The summed E-state index contributed by atoms with van der Waals surface area (Å²) in [5.41, 5.74) is 2.38. The fourth-order valence-electron chi connectivity index (χ4n) is 3.17. The second-order valence-electron chi connectivity index (χ2n) is 6.77. The van der Waals surface area contributed by atoms with Crippen LogP contribution < -0.4 is 9.46 Å². The van der Waals surface area contributed by atoms with Gasteiger partial charge < -0.3 is 4.74 Å². The zero-order chi connectivity index (χ0) is 20.5. The molecule has 9 heteroatoms. The Bertz CT molecular complexity index is 1090. The van der Waals surface area contributed by atoms with Crippen LogP contribution in [0.2, 0.25) is 0 Å². The van der Waals surface area contributed by atoms with E-state index in [1.807, 2.05) is 6.07 Å². The van der Waals surface area contributed by atoms with Gasteiger partial charge in [0, 0.05) is 14.1 Å². The lowest BCUT2D eigenvalue weighted by atomic mass is 10.1. The smallest absolute Gasteiger partial charge is 0.261 e. The van der Waals surface area contributed by atoms with Gasteiger partial charge in [0.2, 0.25) is 10.0 Å². The molecule has 0 fully saturated rings. The largest absolute Gasteiger partial charge is 0.492 e. The molecular formula is C19H24N2O5S2. The standard InChI is InChI=1S/C19H24N2O5S2/c1-4-26-18-11-9-16(13-19(18)28(24,25)21(2)3)20-27(22,23)17-10-8-14-6-5-7-15(14)12-17/h8-13,20H,4-7H2,1-3H3. The Morgan fingerprint density at radius 1 is 1.00 bits per heavy atom. The molecule has 3 rings (SSSR count). The molecule has 1 aliphatic carbocycles. The summed E-state index contributed by atoms with van der Waals surface area (Å²) in [6, 6.07) is 9.35. The van der Waals surface area contributed by atoms with E-state index >= 15 is 0 Å². The maximum atomic E-state index is 12.8. The summed E-state index contributed by atoms with van der Waals surface area (Å²) >= 11 is 0. The van der Waals surface area contributed by atoms with Gasteiger partial charge in [-0.1, -0.05) is 6.07 Å². The van der Waals surface area contributed by atoms with E-state index in [4.69, 9.17) is 4.74 Å². The second-order valence-corrected chi connectivity index (χ2v) is 10.6. The third kappa shape index (κ3) is 4.01. The van der Waals surface area contributed by atoms with Gasteiger partial charge in [-0.3, -0.25) is 4.72 Å². The summed E-state index contributed by atoms with van der Waals surface area (Å²) < 4.78 is 59.8. The lowest BCUT2D eigenvalue weighted by molar-refractivity contribution is 0.330. The SMILES string of the molecule is CCOc1ccc(NS(=O)(=O)c2ccc3c(c2)CCC3)cc1S(=O)(=O)N(C)C. The Labute approximate surface area is 166 Å². The lowest BCUT2D eigenvalue weighted by Crippen LogP contribution is -2.23. The van der Waals surface area contributed by atoms with Crippen molar-refractivity contribution in [1.82, 2.24) is 4.31 Å². The molecule has 0 heterocycles. The zero-order valence-corrected chi connectivity index (χ0v) is 17.7. The zero-order valence-electron chi connectivity index (χ0n) is 16.1. The average Bonchev–Trinajstić information content (AvgIpc) is 3.10. The number of ether oxygens (including phenoxy) is 1. The topological polar surface area (TPSA) is 92.8 Å². The van der Waals surface area contributed by atoms with Gasteiger partial charge in [0.1, 0.15) is 10.6 Å². The van der Waals surface area contributed by atoms with Gasteiger partial charge in [0.05, 0.1) is 17.2 Å². The van der Waals surface area contributed by atoms with Crippen LogP contribution in [0.25, 0.3) is 0 Å². The number of fused-ring (bicyclic) bond motifs is 1. The van der Waals surface area contributed by atoms with E-state index in [1.165, 1.54) is 37.9 Å². The van der Waals surface area contributed by atoms with Gasteiger partial charge in [-0.25, -0.2) is 21.1 Å².